The van der Waals surface area contributed by atoms with Gasteiger partial charge in [0, 0.05) is 0 Å². The van der Waals surface area contributed by atoms with Gasteiger partial charge >= 0.3 is 0 Å². The van der Waals surface area contributed by atoms with Gasteiger partial charge in [0.1, 0.15) is 10.6 Å². The lowest BCUT2D eigenvalue weighted by Gasteiger charge is -2.12. The van der Waals surface area contributed by atoms with Crippen LogP contribution in [-0.2, 0) is 10.0 Å². The number of halogens is 1. The maximum Gasteiger partial charge on any atom is 0.265 e. The number of anilines is 1. The molecular weight excluding hydrogens is 283 g/mol. The first-order valence-electron chi connectivity index (χ1n) is 5.71. The molecule has 0 aliphatic heterocycles. The van der Waals surface area contributed by atoms with Gasteiger partial charge in [0.05, 0.1) is 19.0 Å². The third-order valence-corrected chi connectivity index (χ3v) is 3.99. The molecule has 1 aromatic carbocycles. The molecule has 0 aliphatic rings. The zero-order valence-corrected chi connectivity index (χ0v) is 11.7. The molecule has 0 aliphatic carbocycles. The Bertz CT molecular complexity index is 715. The van der Waals surface area contributed by atoms with Crippen molar-refractivity contribution in [3.8, 4) is 5.75 Å². The number of sulfonamides is 1. The Morgan fingerprint density at radius 3 is 2.60 bits per heavy atom. The molecule has 0 atom stereocenters. The van der Waals surface area contributed by atoms with E-state index in [0.29, 0.717) is 0 Å². The molecule has 1 heterocycles. The summed E-state index contributed by atoms with van der Waals surface area (Å²) in [6.07, 6.45) is 1.11. The first-order chi connectivity index (χ1) is 9.42. The summed E-state index contributed by atoms with van der Waals surface area (Å²) in [6, 6.07) is 7.19. The standard InChI is InChI=1S/C13H13FN2O3S/c1-9-3-5-11(19-2)12(7-9)20(17,18)16-10-4-6-13(14)15-8-10/h3-8,16H,1-2H3. The van der Waals surface area contributed by atoms with Crippen molar-refractivity contribution in [2.75, 3.05) is 11.8 Å². The average molecular weight is 296 g/mol. The Morgan fingerprint density at radius 2 is 2.00 bits per heavy atom. The summed E-state index contributed by atoms with van der Waals surface area (Å²) in [5.74, 6) is -0.445. The SMILES string of the molecule is COc1ccc(C)cc1S(=O)(=O)Nc1ccc(F)nc1. The molecule has 2 rings (SSSR count). The maximum atomic E-state index is 12.7. The zero-order valence-electron chi connectivity index (χ0n) is 10.9. The van der Waals surface area contributed by atoms with Crippen LogP contribution in [0.5, 0.6) is 5.75 Å². The van der Waals surface area contributed by atoms with Crippen LogP contribution in [0.2, 0.25) is 0 Å². The summed E-state index contributed by atoms with van der Waals surface area (Å²) in [6.45, 7) is 1.78. The van der Waals surface area contributed by atoms with Gasteiger partial charge in [-0.1, -0.05) is 6.07 Å². The normalized spacial score (nSPS) is 11.2. The number of aryl methyl sites for hydroxylation is 1. The number of rotatable bonds is 4. The van der Waals surface area contributed by atoms with Crippen LogP contribution in [0.15, 0.2) is 41.4 Å². The van der Waals surface area contributed by atoms with E-state index in [4.69, 9.17) is 4.74 Å². The van der Waals surface area contributed by atoms with Crippen LogP contribution >= 0.6 is 0 Å². The van der Waals surface area contributed by atoms with Gasteiger partial charge in [-0.05, 0) is 36.8 Å². The topological polar surface area (TPSA) is 68.3 Å². The minimum atomic E-state index is -3.83. The number of pyridine rings is 1. The first kappa shape index (κ1) is 14.3. The Kier molecular flexibility index (Phi) is 3.89. The van der Waals surface area contributed by atoms with Crippen LogP contribution in [0, 0.1) is 12.9 Å². The molecule has 0 saturated heterocycles. The smallest absolute Gasteiger partial charge is 0.265 e. The van der Waals surface area contributed by atoms with Crippen LogP contribution in [0.3, 0.4) is 0 Å². The minimum absolute atomic E-state index is 0.0179. The van der Waals surface area contributed by atoms with Gasteiger partial charge in [-0.3, -0.25) is 4.72 Å². The van der Waals surface area contributed by atoms with E-state index >= 15 is 0 Å². The van der Waals surface area contributed by atoms with Gasteiger partial charge < -0.3 is 4.74 Å². The summed E-state index contributed by atoms with van der Waals surface area (Å²) in [7, 11) is -2.44. The second-order valence-corrected chi connectivity index (χ2v) is 5.78. The van der Waals surface area contributed by atoms with E-state index in [1.807, 2.05) is 0 Å². The molecule has 5 nitrogen and oxygen atoms in total. The molecule has 2 aromatic rings. The van der Waals surface area contributed by atoms with E-state index in [0.717, 1.165) is 17.8 Å². The van der Waals surface area contributed by atoms with Gasteiger partial charge in [-0.25, -0.2) is 13.4 Å². The fourth-order valence-electron chi connectivity index (χ4n) is 1.64. The van der Waals surface area contributed by atoms with Crippen LogP contribution in [-0.4, -0.2) is 20.5 Å². The Hall–Kier alpha value is -2.15. The molecule has 0 saturated carbocycles. The summed E-state index contributed by atoms with van der Waals surface area (Å²) in [5.41, 5.74) is 0.957. The highest BCUT2D eigenvalue weighted by Crippen LogP contribution is 2.26. The van der Waals surface area contributed by atoms with Gasteiger partial charge in [0.25, 0.3) is 10.0 Å². The molecule has 20 heavy (non-hydrogen) atoms. The van der Waals surface area contributed by atoms with Gasteiger partial charge in [0.15, 0.2) is 0 Å². The number of hydrogen-bond donors (Lipinski definition) is 1. The summed E-state index contributed by atoms with van der Waals surface area (Å²) in [4.78, 5) is 3.41. The number of nitrogens with one attached hydrogen (secondary N) is 1. The predicted octanol–water partition coefficient (Wildman–Crippen LogP) is 2.34. The molecule has 0 radical (unpaired) electrons. The molecule has 0 fully saturated rings. The molecule has 0 amide bonds. The molecule has 1 N–H and O–H groups in total. The van der Waals surface area contributed by atoms with Gasteiger partial charge in [0.2, 0.25) is 5.95 Å². The maximum absolute atomic E-state index is 12.7. The second-order valence-electron chi connectivity index (χ2n) is 4.13. The highest BCUT2D eigenvalue weighted by atomic mass is 32.2. The Labute approximate surface area is 116 Å². The molecule has 1 aromatic heterocycles. The van der Waals surface area contributed by atoms with Crippen LogP contribution in [0.4, 0.5) is 10.1 Å². The van der Waals surface area contributed by atoms with Crippen molar-refractivity contribution in [1.82, 2.24) is 4.98 Å². The van der Waals surface area contributed by atoms with E-state index in [1.54, 1.807) is 19.1 Å². The number of nitrogens with zero attached hydrogens (tertiary/aromatic N) is 1. The zero-order chi connectivity index (χ0) is 14.8. The summed E-state index contributed by atoms with van der Waals surface area (Å²) >= 11 is 0. The molecule has 0 spiro atoms. The first-order valence-corrected chi connectivity index (χ1v) is 7.20. The third kappa shape index (κ3) is 3.05. The van der Waals surface area contributed by atoms with Crippen molar-refractivity contribution in [2.45, 2.75) is 11.8 Å². The lowest BCUT2D eigenvalue weighted by molar-refractivity contribution is 0.402. The molecule has 0 unspecified atom stereocenters. The largest absolute Gasteiger partial charge is 0.495 e. The number of hydrogen-bond acceptors (Lipinski definition) is 4. The van der Waals surface area contributed by atoms with Crippen molar-refractivity contribution >= 4 is 15.7 Å². The van der Waals surface area contributed by atoms with E-state index in [9.17, 15) is 12.8 Å². The highest BCUT2D eigenvalue weighted by molar-refractivity contribution is 7.92. The van der Waals surface area contributed by atoms with Crippen molar-refractivity contribution in [2.24, 2.45) is 0 Å². The van der Waals surface area contributed by atoms with Crippen molar-refractivity contribution in [1.29, 1.82) is 0 Å². The van der Waals surface area contributed by atoms with E-state index < -0.39 is 16.0 Å². The highest BCUT2D eigenvalue weighted by Gasteiger charge is 2.20. The monoisotopic (exact) mass is 296 g/mol. The fourth-order valence-corrected chi connectivity index (χ4v) is 2.94. The Morgan fingerprint density at radius 1 is 1.25 bits per heavy atom. The van der Waals surface area contributed by atoms with Crippen LogP contribution < -0.4 is 9.46 Å². The van der Waals surface area contributed by atoms with Crippen LogP contribution in [0.25, 0.3) is 0 Å². The average Bonchev–Trinajstić information content (AvgIpc) is 2.41. The second kappa shape index (κ2) is 5.46. The quantitative estimate of drug-likeness (QED) is 0.879. The molecule has 7 heteroatoms. The molecular formula is C13H13FN2O3S. The van der Waals surface area contributed by atoms with Gasteiger partial charge in [-0.2, -0.15) is 4.39 Å². The van der Waals surface area contributed by atoms with E-state index in [2.05, 4.69) is 9.71 Å². The number of benzene rings is 1. The predicted molar refractivity (Wildman–Crippen MR) is 72.7 cm³/mol. The van der Waals surface area contributed by atoms with E-state index in [-0.39, 0.29) is 16.3 Å². The summed E-state index contributed by atoms with van der Waals surface area (Å²) < 4.78 is 44.7. The van der Waals surface area contributed by atoms with Crippen molar-refractivity contribution < 1.29 is 17.5 Å². The summed E-state index contributed by atoms with van der Waals surface area (Å²) in [5, 5.41) is 0. The number of methoxy groups -OCH3 is 1. The minimum Gasteiger partial charge on any atom is -0.495 e. The van der Waals surface area contributed by atoms with Gasteiger partial charge in [-0.15, -0.1) is 0 Å². The fraction of sp³-hybridized carbons (Fsp3) is 0.154. The molecule has 0 bridgehead atoms. The number of ether oxygens (including phenoxy) is 1. The van der Waals surface area contributed by atoms with E-state index in [1.165, 1.54) is 19.2 Å². The van der Waals surface area contributed by atoms with Crippen molar-refractivity contribution in [3.63, 3.8) is 0 Å². The molecule has 106 valence electrons. The lowest BCUT2D eigenvalue weighted by atomic mass is 10.2. The third-order valence-electron chi connectivity index (χ3n) is 2.59. The number of aromatic nitrogens is 1. The lowest BCUT2D eigenvalue weighted by Crippen LogP contribution is -2.14. The van der Waals surface area contributed by atoms with Crippen LogP contribution in [0.1, 0.15) is 5.56 Å². The van der Waals surface area contributed by atoms with Crippen molar-refractivity contribution in [3.05, 3.63) is 48.0 Å². The Balaban J connectivity index is 2.40.